The molecule has 0 aromatic carbocycles. The monoisotopic (exact) mass is 247 g/mol. The first-order chi connectivity index (χ1) is 8.31. The number of hydrogen-bond acceptors (Lipinski definition) is 5. The minimum atomic E-state index is 0.355. The summed E-state index contributed by atoms with van der Waals surface area (Å²) in [5.41, 5.74) is 1.94. The highest BCUT2D eigenvalue weighted by atomic mass is 32.1. The molecule has 2 heterocycles. The fraction of sp³-hybridized carbons (Fsp3) is 0.333. The minimum Gasteiger partial charge on any atom is -0.462 e. The number of allylic oxidation sites excluding steroid dienone is 2. The number of rotatable bonds is 3. The van der Waals surface area contributed by atoms with Crippen molar-refractivity contribution in [3.05, 3.63) is 24.0 Å². The second kappa shape index (κ2) is 5.51. The van der Waals surface area contributed by atoms with Gasteiger partial charge in [0.1, 0.15) is 5.69 Å². The molecule has 0 radical (unpaired) electrons. The summed E-state index contributed by atoms with van der Waals surface area (Å²) in [5, 5.41) is 0. The van der Waals surface area contributed by atoms with E-state index < -0.39 is 0 Å². The van der Waals surface area contributed by atoms with Crippen molar-refractivity contribution in [2.75, 3.05) is 20.2 Å². The van der Waals surface area contributed by atoms with Gasteiger partial charge in [-0.1, -0.05) is 12.0 Å². The first-order valence-electron chi connectivity index (χ1n) is 5.24. The highest BCUT2D eigenvalue weighted by Crippen LogP contribution is 2.26. The predicted octanol–water partition coefficient (Wildman–Crippen LogP) is 1.78. The van der Waals surface area contributed by atoms with Gasteiger partial charge in [0, 0.05) is 19.2 Å². The summed E-state index contributed by atoms with van der Waals surface area (Å²) in [5.74, 6) is 6.21. The Morgan fingerprint density at radius 1 is 1.53 bits per heavy atom. The molecule has 88 valence electrons. The van der Waals surface area contributed by atoms with Crippen molar-refractivity contribution in [2.45, 2.75) is 6.92 Å². The number of hydrogen-bond donors (Lipinski definition) is 0. The second-order valence-corrected chi connectivity index (χ2v) is 4.11. The molecule has 5 heteroatoms. The van der Waals surface area contributed by atoms with Crippen LogP contribution in [0.2, 0.25) is 0 Å². The van der Waals surface area contributed by atoms with Crippen molar-refractivity contribution in [2.24, 2.45) is 0 Å². The Labute approximate surface area is 105 Å². The molecule has 0 bridgehead atoms. The zero-order valence-corrected chi connectivity index (χ0v) is 10.6. The number of ether oxygens (including phenoxy) is 1. The summed E-state index contributed by atoms with van der Waals surface area (Å²) in [4.78, 5) is 2.09. The van der Waals surface area contributed by atoms with Crippen molar-refractivity contribution >= 4 is 17.3 Å². The van der Waals surface area contributed by atoms with Gasteiger partial charge in [-0.15, -0.1) is 10.3 Å². The third-order valence-electron chi connectivity index (χ3n) is 2.28. The van der Waals surface area contributed by atoms with Crippen LogP contribution in [-0.2, 0) is 0 Å². The molecule has 0 atom stereocenters. The van der Waals surface area contributed by atoms with Crippen LogP contribution in [0.25, 0.3) is 5.57 Å². The van der Waals surface area contributed by atoms with Crippen LogP contribution < -0.4 is 4.74 Å². The fourth-order valence-corrected chi connectivity index (χ4v) is 2.01. The van der Waals surface area contributed by atoms with Crippen LogP contribution >= 0.6 is 11.7 Å². The predicted molar refractivity (Wildman–Crippen MR) is 68.6 cm³/mol. The van der Waals surface area contributed by atoms with E-state index in [4.69, 9.17) is 4.74 Å². The number of likely N-dealkylation sites (N-methyl/N-ethyl adjacent to an activating group) is 1. The smallest absolute Gasteiger partial charge is 0.254 e. The number of aromatic nitrogens is 2. The summed E-state index contributed by atoms with van der Waals surface area (Å²) in [6, 6.07) is 0. The van der Waals surface area contributed by atoms with Gasteiger partial charge in [0.15, 0.2) is 6.61 Å². The molecule has 0 spiro atoms. The van der Waals surface area contributed by atoms with Crippen LogP contribution in [-0.4, -0.2) is 33.8 Å². The zero-order chi connectivity index (χ0) is 12.1. The Bertz CT molecular complexity index is 507. The van der Waals surface area contributed by atoms with Crippen LogP contribution in [0.3, 0.4) is 0 Å². The van der Waals surface area contributed by atoms with E-state index in [1.807, 2.05) is 25.4 Å². The molecule has 0 saturated heterocycles. The lowest BCUT2D eigenvalue weighted by Gasteiger charge is -2.18. The van der Waals surface area contributed by atoms with Crippen LogP contribution in [0.1, 0.15) is 12.6 Å². The Kier molecular flexibility index (Phi) is 3.78. The Hall–Kier alpha value is -1.80. The molecule has 0 amide bonds. The van der Waals surface area contributed by atoms with E-state index in [2.05, 4.69) is 25.5 Å². The molecular weight excluding hydrogens is 234 g/mol. The average Bonchev–Trinajstić information content (AvgIpc) is 2.78. The summed E-state index contributed by atoms with van der Waals surface area (Å²) < 4.78 is 13.9. The quantitative estimate of drug-likeness (QED) is 0.763. The standard InChI is InChI=1S/C12H13N3OS/c1-3-4-8-16-12-11(13-17-14-12)10-6-5-7-15(2)9-10/h5-7H,8-9H2,1-2H3. The van der Waals surface area contributed by atoms with Crippen molar-refractivity contribution in [3.63, 3.8) is 0 Å². The summed E-state index contributed by atoms with van der Waals surface area (Å²) in [6.07, 6.45) is 6.05. The lowest BCUT2D eigenvalue weighted by atomic mass is 10.1. The molecular formula is C12H13N3OS. The molecule has 0 unspecified atom stereocenters. The molecule has 0 N–H and O–H groups in total. The van der Waals surface area contributed by atoms with Crippen molar-refractivity contribution in [3.8, 4) is 17.7 Å². The lowest BCUT2D eigenvalue weighted by Crippen LogP contribution is -2.16. The SMILES string of the molecule is CC#CCOc1nsnc1C1=CC=CN(C)C1. The second-order valence-electron chi connectivity index (χ2n) is 3.58. The van der Waals surface area contributed by atoms with E-state index in [0.717, 1.165) is 29.5 Å². The molecule has 1 aliphatic rings. The Morgan fingerprint density at radius 2 is 2.41 bits per heavy atom. The molecule has 1 aromatic heterocycles. The lowest BCUT2D eigenvalue weighted by molar-refractivity contribution is 0.357. The molecule has 0 fully saturated rings. The van der Waals surface area contributed by atoms with E-state index in [-0.39, 0.29) is 0 Å². The van der Waals surface area contributed by atoms with E-state index >= 15 is 0 Å². The molecule has 1 aromatic rings. The highest BCUT2D eigenvalue weighted by Gasteiger charge is 2.16. The normalized spacial score (nSPS) is 14.0. The third kappa shape index (κ3) is 2.86. The molecule has 17 heavy (non-hydrogen) atoms. The average molecular weight is 247 g/mol. The summed E-state index contributed by atoms with van der Waals surface area (Å²) in [6.45, 7) is 2.96. The highest BCUT2D eigenvalue weighted by molar-refractivity contribution is 6.99. The topological polar surface area (TPSA) is 38.3 Å². The van der Waals surface area contributed by atoms with E-state index in [9.17, 15) is 0 Å². The molecule has 4 nitrogen and oxygen atoms in total. The van der Waals surface area contributed by atoms with Crippen molar-refractivity contribution in [1.29, 1.82) is 0 Å². The third-order valence-corrected chi connectivity index (χ3v) is 2.79. The fourth-order valence-electron chi connectivity index (χ4n) is 1.48. The summed E-state index contributed by atoms with van der Waals surface area (Å²) in [7, 11) is 2.02. The van der Waals surface area contributed by atoms with Gasteiger partial charge in [0.2, 0.25) is 0 Å². The maximum Gasteiger partial charge on any atom is 0.254 e. The van der Waals surface area contributed by atoms with Gasteiger partial charge in [0.05, 0.1) is 11.7 Å². The van der Waals surface area contributed by atoms with Crippen LogP contribution in [0, 0.1) is 11.8 Å². The van der Waals surface area contributed by atoms with Crippen molar-refractivity contribution < 1.29 is 4.74 Å². The van der Waals surface area contributed by atoms with Gasteiger partial charge in [-0.05, 0) is 19.2 Å². The van der Waals surface area contributed by atoms with E-state index in [0.29, 0.717) is 12.5 Å². The van der Waals surface area contributed by atoms with Gasteiger partial charge in [0.25, 0.3) is 5.88 Å². The van der Waals surface area contributed by atoms with Gasteiger partial charge in [-0.2, -0.15) is 4.37 Å². The number of nitrogens with zero attached hydrogens (tertiary/aromatic N) is 3. The Balaban J connectivity index is 2.15. The zero-order valence-electron chi connectivity index (χ0n) is 9.80. The molecule has 0 aliphatic carbocycles. The van der Waals surface area contributed by atoms with E-state index in [1.165, 1.54) is 0 Å². The first-order valence-corrected chi connectivity index (χ1v) is 5.97. The first kappa shape index (κ1) is 11.7. The van der Waals surface area contributed by atoms with E-state index in [1.54, 1.807) is 6.92 Å². The van der Waals surface area contributed by atoms with Crippen LogP contribution in [0.4, 0.5) is 0 Å². The van der Waals surface area contributed by atoms with Gasteiger partial charge in [-0.3, -0.25) is 0 Å². The maximum absolute atomic E-state index is 5.49. The molecule has 2 rings (SSSR count). The van der Waals surface area contributed by atoms with Gasteiger partial charge in [-0.25, -0.2) is 0 Å². The molecule has 1 aliphatic heterocycles. The van der Waals surface area contributed by atoms with Gasteiger partial charge < -0.3 is 9.64 Å². The Morgan fingerprint density at radius 3 is 3.18 bits per heavy atom. The van der Waals surface area contributed by atoms with Crippen molar-refractivity contribution in [1.82, 2.24) is 13.6 Å². The minimum absolute atomic E-state index is 0.355. The van der Waals surface area contributed by atoms with Crippen LogP contribution in [0.15, 0.2) is 18.4 Å². The van der Waals surface area contributed by atoms with Crippen LogP contribution in [0.5, 0.6) is 5.88 Å². The summed E-state index contributed by atoms with van der Waals surface area (Å²) >= 11 is 1.16. The molecule has 0 saturated carbocycles. The van der Waals surface area contributed by atoms with Gasteiger partial charge >= 0.3 is 0 Å². The maximum atomic E-state index is 5.49. The largest absolute Gasteiger partial charge is 0.462 e.